The molecule has 0 bridgehead atoms. The second kappa shape index (κ2) is 8.46. The molecular formula is C23H31N3O4. The van der Waals surface area contributed by atoms with E-state index in [-0.39, 0.29) is 5.91 Å². The summed E-state index contributed by atoms with van der Waals surface area (Å²) >= 11 is 0. The third-order valence-corrected chi connectivity index (χ3v) is 7.07. The number of benzene rings is 1. The first-order valence-corrected chi connectivity index (χ1v) is 11.4. The number of carbonyl (C=O) groups is 2. The number of likely N-dealkylation sites (tertiary alicyclic amines) is 3. The first kappa shape index (κ1) is 19.7. The van der Waals surface area contributed by atoms with E-state index in [1.54, 1.807) is 0 Å². The van der Waals surface area contributed by atoms with E-state index in [1.165, 1.54) is 5.56 Å². The van der Waals surface area contributed by atoms with Crippen LogP contribution in [0.5, 0.6) is 11.5 Å². The Balaban J connectivity index is 1.16. The van der Waals surface area contributed by atoms with Crippen molar-refractivity contribution in [1.29, 1.82) is 0 Å². The van der Waals surface area contributed by atoms with E-state index in [0.717, 1.165) is 76.5 Å². The monoisotopic (exact) mass is 413 g/mol. The molecule has 0 N–H and O–H groups in total. The largest absolute Gasteiger partial charge is 0.454 e. The summed E-state index contributed by atoms with van der Waals surface area (Å²) in [7, 11) is 0. The molecule has 5 rings (SSSR count). The lowest BCUT2D eigenvalue weighted by Crippen LogP contribution is -2.56. The lowest BCUT2D eigenvalue weighted by Gasteiger charge is -2.47. The Kier molecular flexibility index (Phi) is 5.54. The van der Waals surface area contributed by atoms with E-state index >= 15 is 0 Å². The number of rotatable bonds is 6. The first-order valence-electron chi connectivity index (χ1n) is 11.4. The van der Waals surface area contributed by atoms with Crippen LogP contribution in [-0.2, 0) is 16.1 Å². The number of carbonyl (C=O) groups excluding carboxylic acids is 2. The highest BCUT2D eigenvalue weighted by Gasteiger charge is 2.39. The van der Waals surface area contributed by atoms with Gasteiger partial charge in [0.05, 0.1) is 0 Å². The van der Waals surface area contributed by atoms with Crippen molar-refractivity contribution < 1.29 is 19.1 Å². The minimum absolute atomic E-state index is 0.273. The van der Waals surface area contributed by atoms with E-state index in [4.69, 9.17) is 9.47 Å². The quantitative estimate of drug-likeness (QED) is 0.716. The van der Waals surface area contributed by atoms with Gasteiger partial charge in [-0.2, -0.15) is 0 Å². The predicted octanol–water partition coefficient (Wildman–Crippen LogP) is 2.24. The summed E-state index contributed by atoms with van der Waals surface area (Å²) in [5.41, 5.74) is 1.25. The van der Waals surface area contributed by atoms with E-state index in [1.807, 2.05) is 11.0 Å². The maximum Gasteiger partial charge on any atom is 0.231 e. The Hall–Kier alpha value is -2.28. The molecule has 30 heavy (non-hydrogen) atoms. The van der Waals surface area contributed by atoms with Gasteiger partial charge >= 0.3 is 0 Å². The minimum Gasteiger partial charge on any atom is -0.454 e. The van der Waals surface area contributed by atoms with Crippen molar-refractivity contribution in [3.8, 4) is 11.5 Å². The van der Waals surface area contributed by atoms with Gasteiger partial charge in [0.25, 0.3) is 0 Å². The highest BCUT2D eigenvalue weighted by atomic mass is 16.7. The standard InChI is InChI=1S/C23H31N3O4/c27-22-3-1-9-25(22)10-2-11-26-19-8-12-24(15-18(19)5-7-23(26)28)14-17-4-6-20-21(13-17)30-16-29-20/h4,6,13,18-19H,1-3,5,7-12,14-16H2/t18-,19+/m1/s1. The summed E-state index contributed by atoms with van der Waals surface area (Å²) < 4.78 is 10.9. The fraction of sp³-hybridized carbons (Fsp3) is 0.652. The molecule has 162 valence electrons. The second-order valence-electron chi connectivity index (χ2n) is 9.00. The highest BCUT2D eigenvalue weighted by molar-refractivity contribution is 5.78. The molecule has 0 spiro atoms. The van der Waals surface area contributed by atoms with Crippen molar-refractivity contribution in [2.45, 2.75) is 51.1 Å². The molecule has 3 saturated heterocycles. The van der Waals surface area contributed by atoms with Crippen LogP contribution in [0.25, 0.3) is 0 Å². The van der Waals surface area contributed by atoms with Crippen molar-refractivity contribution in [2.75, 3.05) is 39.5 Å². The van der Waals surface area contributed by atoms with Gasteiger partial charge in [-0.05, 0) is 49.3 Å². The molecule has 2 atom stereocenters. The maximum absolute atomic E-state index is 12.6. The molecule has 0 radical (unpaired) electrons. The van der Waals surface area contributed by atoms with Crippen LogP contribution in [0, 0.1) is 5.92 Å². The van der Waals surface area contributed by atoms with Crippen molar-refractivity contribution in [2.24, 2.45) is 5.92 Å². The molecule has 1 aromatic carbocycles. The van der Waals surface area contributed by atoms with E-state index in [9.17, 15) is 9.59 Å². The van der Waals surface area contributed by atoms with E-state index < -0.39 is 0 Å². The molecule has 4 aliphatic rings. The molecular weight excluding hydrogens is 382 g/mol. The van der Waals surface area contributed by atoms with E-state index in [2.05, 4.69) is 21.9 Å². The molecule has 0 aromatic heterocycles. The Morgan fingerprint density at radius 3 is 2.73 bits per heavy atom. The number of hydrogen-bond donors (Lipinski definition) is 0. The smallest absolute Gasteiger partial charge is 0.231 e. The molecule has 0 saturated carbocycles. The molecule has 2 amide bonds. The lowest BCUT2D eigenvalue weighted by atomic mass is 9.83. The molecule has 1 aromatic rings. The average molecular weight is 414 g/mol. The topological polar surface area (TPSA) is 62.3 Å². The van der Waals surface area contributed by atoms with Crippen molar-refractivity contribution in [3.05, 3.63) is 23.8 Å². The first-order chi connectivity index (χ1) is 14.7. The zero-order valence-corrected chi connectivity index (χ0v) is 17.6. The summed E-state index contributed by atoms with van der Waals surface area (Å²) in [5.74, 6) is 2.78. The normalized spacial score (nSPS) is 26.4. The fourth-order valence-electron chi connectivity index (χ4n) is 5.53. The molecule has 7 heteroatoms. The van der Waals surface area contributed by atoms with Crippen molar-refractivity contribution in [1.82, 2.24) is 14.7 Å². The van der Waals surface area contributed by atoms with Crippen LogP contribution in [0.2, 0.25) is 0 Å². The average Bonchev–Trinajstić information content (AvgIpc) is 3.38. The molecule has 3 fully saturated rings. The van der Waals surface area contributed by atoms with Gasteiger partial charge in [-0.25, -0.2) is 0 Å². The van der Waals surface area contributed by atoms with Gasteiger partial charge < -0.3 is 19.3 Å². The predicted molar refractivity (Wildman–Crippen MR) is 111 cm³/mol. The van der Waals surface area contributed by atoms with Gasteiger partial charge in [0.15, 0.2) is 11.5 Å². The summed E-state index contributed by atoms with van der Waals surface area (Å²) in [6, 6.07) is 6.56. The molecule has 7 nitrogen and oxygen atoms in total. The summed E-state index contributed by atoms with van der Waals surface area (Å²) in [4.78, 5) is 31.0. The number of amides is 2. The third kappa shape index (κ3) is 4.00. The Labute approximate surface area is 177 Å². The molecule has 0 unspecified atom stereocenters. The summed E-state index contributed by atoms with van der Waals surface area (Å²) in [6.45, 7) is 5.71. The fourth-order valence-corrected chi connectivity index (χ4v) is 5.53. The van der Waals surface area contributed by atoms with E-state index in [0.29, 0.717) is 37.5 Å². The van der Waals surface area contributed by atoms with Crippen LogP contribution in [0.4, 0.5) is 0 Å². The zero-order valence-electron chi connectivity index (χ0n) is 17.6. The van der Waals surface area contributed by atoms with Crippen LogP contribution in [-0.4, -0.2) is 72.1 Å². The van der Waals surface area contributed by atoms with Gasteiger partial charge in [-0.1, -0.05) is 6.07 Å². The Morgan fingerprint density at radius 1 is 0.967 bits per heavy atom. The Bertz CT molecular complexity index is 814. The Morgan fingerprint density at radius 2 is 1.87 bits per heavy atom. The number of piperidine rings is 2. The van der Waals surface area contributed by atoms with Crippen LogP contribution in [0.1, 0.15) is 44.1 Å². The summed E-state index contributed by atoms with van der Waals surface area (Å²) in [6.07, 6.45) is 5.23. The SMILES string of the molecule is O=C1CCCN1CCCN1C(=O)CC[C@@H]2CN(Cc3ccc4c(c3)OCO4)CC[C@@H]21. The lowest BCUT2D eigenvalue weighted by molar-refractivity contribution is -0.141. The second-order valence-corrected chi connectivity index (χ2v) is 9.00. The number of hydrogen-bond acceptors (Lipinski definition) is 5. The number of ether oxygens (including phenoxy) is 2. The van der Waals surface area contributed by atoms with Gasteiger partial charge in [-0.15, -0.1) is 0 Å². The minimum atomic E-state index is 0.273. The molecule has 4 aliphatic heterocycles. The van der Waals surface area contributed by atoms with Crippen LogP contribution < -0.4 is 9.47 Å². The van der Waals surface area contributed by atoms with Crippen LogP contribution in [0.3, 0.4) is 0 Å². The van der Waals surface area contributed by atoms with Crippen LogP contribution >= 0.6 is 0 Å². The van der Waals surface area contributed by atoms with Gasteiger partial charge in [0, 0.05) is 58.2 Å². The summed E-state index contributed by atoms with van der Waals surface area (Å²) in [5, 5.41) is 0. The van der Waals surface area contributed by atoms with Crippen molar-refractivity contribution >= 4 is 11.8 Å². The van der Waals surface area contributed by atoms with Crippen LogP contribution in [0.15, 0.2) is 18.2 Å². The zero-order chi connectivity index (χ0) is 20.5. The third-order valence-electron chi connectivity index (χ3n) is 7.07. The number of fused-ring (bicyclic) bond motifs is 2. The highest BCUT2D eigenvalue weighted by Crippen LogP contribution is 2.35. The maximum atomic E-state index is 12.6. The van der Waals surface area contributed by atoms with Gasteiger partial charge in [0.2, 0.25) is 18.6 Å². The van der Waals surface area contributed by atoms with Gasteiger partial charge in [0.1, 0.15) is 0 Å². The van der Waals surface area contributed by atoms with Crippen molar-refractivity contribution in [3.63, 3.8) is 0 Å². The number of nitrogens with zero attached hydrogens (tertiary/aromatic N) is 3. The molecule has 0 aliphatic carbocycles. The molecule has 4 heterocycles. The van der Waals surface area contributed by atoms with Gasteiger partial charge in [-0.3, -0.25) is 14.5 Å².